The van der Waals surface area contributed by atoms with Crippen molar-refractivity contribution in [3.05, 3.63) is 59.5 Å². The summed E-state index contributed by atoms with van der Waals surface area (Å²) in [7, 11) is 0. The molecule has 1 unspecified atom stereocenters. The van der Waals surface area contributed by atoms with E-state index in [1.807, 2.05) is 6.07 Å². The van der Waals surface area contributed by atoms with Crippen LogP contribution in [0.25, 0.3) is 0 Å². The summed E-state index contributed by atoms with van der Waals surface area (Å²) >= 11 is 0. The summed E-state index contributed by atoms with van der Waals surface area (Å²) in [4.78, 5) is 0. The maximum atomic E-state index is 5.07. The van der Waals surface area contributed by atoms with Gasteiger partial charge in [0.1, 0.15) is 0 Å². The molecule has 0 spiro atoms. The quantitative estimate of drug-likeness (QED) is 0.791. The van der Waals surface area contributed by atoms with Crippen LogP contribution in [0.3, 0.4) is 0 Å². The number of hydrogen-bond donors (Lipinski definition) is 1. The van der Waals surface area contributed by atoms with E-state index in [4.69, 9.17) is 4.42 Å². The van der Waals surface area contributed by atoms with Crippen molar-refractivity contribution in [2.45, 2.75) is 45.7 Å². The highest BCUT2D eigenvalue weighted by Gasteiger charge is 2.05. The van der Waals surface area contributed by atoms with E-state index >= 15 is 0 Å². The van der Waals surface area contributed by atoms with Crippen molar-refractivity contribution in [1.82, 2.24) is 5.32 Å². The molecule has 0 saturated heterocycles. The zero-order chi connectivity index (χ0) is 13.5. The van der Waals surface area contributed by atoms with Gasteiger partial charge >= 0.3 is 0 Å². The minimum atomic E-state index is 0.357. The number of nitrogens with one attached hydrogen (secondary N) is 1. The maximum Gasteiger partial charge on any atom is 0.0947 e. The number of unbranched alkanes of at least 4 members (excludes halogenated alkanes) is 1. The molecule has 102 valence electrons. The second-order valence-corrected chi connectivity index (χ2v) is 5.08. The van der Waals surface area contributed by atoms with Gasteiger partial charge in [-0.15, -0.1) is 0 Å². The molecule has 1 heterocycles. The first-order chi connectivity index (χ1) is 9.29. The second kappa shape index (κ2) is 7.15. The molecule has 2 rings (SSSR count). The van der Waals surface area contributed by atoms with Crippen LogP contribution in [0.4, 0.5) is 0 Å². The van der Waals surface area contributed by atoms with Crippen LogP contribution in [-0.4, -0.2) is 0 Å². The van der Waals surface area contributed by atoms with Crippen LogP contribution < -0.4 is 5.32 Å². The third kappa shape index (κ3) is 4.25. The molecular weight excluding hydrogens is 234 g/mol. The zero-order valence-electron chi connectivity index (χ0n) is 11.9. The maximum absolute atomic E-state index is 5.07. The predicted molar refractivity (Wildman–Crippen MR) is 79.0 cm³/mol. The normalized spacial score (nSPS) is 12.5. The van der Waals surface area contributed by atoms with Crippen LogP contribution in [0, 0.1) is 0 Å². The van der Waals surface area contributed by atoms with Gasteiger partial charge in [0.25, 0.3) is 0 Å². The van der Waals surface area contributed by atoms with Crippen LogP contribution in [0.15, 0.2) is 47.3 Å². The molecule has 0 bridgehead atoms. The Kier molecular flexibility index (Phi) is 5.22. The monoisotopic (exact) mass is 257 g/mol. The molecule has 1 aromatic carbocycles. The van der Waals surface area contributed by atoms with Gasteiger partial charge in [0.15, 0.2) is 0 Å². The number of benzene rings is 1. The van der Waals surface area contributed by atoms with Crippen molar-refractivity contribution in [1.29, 1.82) is 0 Å². The summed E-state index contributed by atoms with van der Waals surface area (Å²) in [5.74, 6) is 0. The third-order valence-corrected chi connectivity index (χ3v) is 3.49. The molecule has 0 aliphatic rings. The van der Waals surface area contributed by atoms with Crippen molar-refractivity contribution in [2.24, 2.45) is 0 Å². The van der Waals surface area contributed by atoms with Crippen LogP contribution in [0.1, 0.15) is 49.4 Å². The number of hydrogen-bond acceptors (Lipinski definition) is 2. The van der Waals surface area contributed by atoms with Crippen molar-refractivity contribution < 1.29 is 4.42 Å². The van der Waals surface area contributed by atoms with E-state index in [1.54, 1.807) is 12.5 Å². The van der Waals surface area contributed by atoms with Gasteiger partial charge in [-0.1, -0.05) is 37.6 Å². The molecule has 1 atom stereocenters. The summed E-state index contributed by atoms with van der Waals surface area (Å²) in [5, 5.41) is 3.50. The number of furan rings is 1. The van der Waals surface area contributed by atoms with Crippen molar-refractivity contribution >= 4 is 0 Å². The molecule has 2 aromatic rings. The summed E-state index contributed by atoms with van der Waals surface area (Å²) < 4.78 is 5.07. The van der Waals surface area contributed by atoms with Crippen LogP contribution in [0.2, 0.25) is 0 Å². The Morgan fingerprint density at radius 2 is 1.89 bits per heavy atom. The van der Waals surface area contributed by atoms with E-state index in [0.29, 0.717) is 6.04 Å². The minimum absolute atomic E-state index is 0.357. The molecule has 19 heavy (non-hydrogen) atoms. The highest BCUT2D eigenvalue weighted by atomic mass is 16.3. The molecule has 0 fully saturated rings. The predicted octanol–water partition coefficient (Wildman–Crippen LogP) is 4.47. The van der Waals surface area contributed by atoms with E-state index in [9.17, 15) is 0 Å². The fourth-order valence-electron chi connectivity index (χ4n) is 2.14. The van der Waals surface area contributed by atoms with E-state index in [2.05, 4.69) is 43.4 Å². The third-order valence-electron chi connectivity index (χ3n) is 3.49. The number of aryl methyl sites for hydroxylation is 1. The van der Waals surface area contributed by atoms with Crippen LogP contribution in [-0.2, 0) is 13.0 Å². The first kappa shape index (κ1) is 13.9. The summed E-state index contributed by atoms with van der Waals surface area (Å²) in [6.07, 6.45) is 7.21. The molecule has 2 nitrogen and oxygen atoms in total. The van der Waals surface area contributed by atoms with E-state index < -0.39 is 0 Å². The Labute approximate surface area is 115 Å². The van der Waals surface area contributed by atoms with Crippen LogP contribution >= 0.6 is 0 Å². The molecule has 0 saturated carbocycles. The Hall–Kier alpha value is -1.54. The lowest BCUT2D eigenvalue weighted by molar-refractivity contribution is 0.546. The average molecular weight is 257 g/mol. The van der Waals surface area contributed by atoms with E-state index in [0.717, 1.165) is 6.54 Å². The number of rotatable bonds is 7. The van der Waals surface area contributed by atoms with E-state index in [-0.39, 0.29) is 0 Å². The van der Waals surface area contributed by atoms with Gasteiger partial charge in [-0.2, -0.15) is 0 Å². The first-order valence-corrected chi connectivity index (χ1v) is 7.13. The summed E-state index contributed by atoms with van der Waals surface area (Å²) in [6.45, 7) is 5.27. The van der Waals surface area contributed by atoms with Crippen molar-refractivity contribution in [3.8, 4) is 0 Å². The average Bonchev–Trinajstić information content (AvgIpc) is 2.96. The smallest absolute Gasteiger partial charge is 0.0947 e. The highest BCUT2D eigenvalue weighted by Crippen LogP contribution is 2.15. The molecule has 0 radical (unpaired) electrons. The minimum Gasteiger partial charge on any atom is -0.472 e. The fourth-order valence-corrected chi connectivity index (χ4v) is 2.14. The van der Waals surface area contributed by atoms with Gasteiger partial charge in [-0.3, -0.25) is 0 Å². The Morgan fingerprint density at radius 3 is 2.53 bits per heavy atom. The summed E-state index contributed by atoms with van der Waals surface area (Å²) in [6, 6.07) is 11.3. The van der Waals surface area contributed by atoms with Gasteiger partial charge in [0, 0.05) is 18.2 Å². The lowest BCUT2D eigenvalue weighted by atomic mass is 10.0. The van der Waals surface area contributed by atoms with E-state index in [1.165, 1.54) is 36.0 Å². The molecule has 2 heteroatoms. The van der Waals surface area contributed by atoms with Crippen LogP contribution in [0.5, 0.6) is 0 Å². The van der Waals surface area contributed by atoms with Gasteiger partial charge in [0.05, 0.1) is 12.5 Å². The first-order valence-electron chi connectivity index (χ1n) is 7.13. The summed E-state index contributed by atoms with van der Waals surface area (Å²) in [5.41, 5.74) is 3.96. The molecule has 0 aliphatic carbocycles. The van der Waals surface area contributed by atoms with Crippen molar-refractivity contribution in [3.63, 3.8) is 0 Å². The zero-order valence-corrected chi connectivity index (χ0v) is 11.9. The SMILES string of the molecule is CCCCc1ccc(C(C)NCc2ccoc2)cc1. The largest absolute Gasteiger partial charge is 0.472 e. The molecule has 1 aromatic heterocycles. The van der Waals surface area contributed by atoms with Gasteiger partial charge in [0.2, 0.25) is 0 Å². The Morgan fingerprint density at radius 1 is 1.11 bits per heavy atom. The van der Waals surface area contributed by atoms with Gasteiger partial charge in [-0.05, 0) is 37.0 Å². The lowest BCUT2D eigenvalue weighted by Crippen LogP contribution is -2.17. The highest BCUT2D eigenvalue weighted by molar-refractivity contribution is 5.25. The van der Waals surface area contributed by atoms with Gasteiger partial charge < -0.3 is 9.73 Å². The topological polar surface area (TPSA) is 25.2 Å². The Balaban J connectivity index is 1.86. The second-order valence-electron chi connectivity index (χ2n) is 5.08. The molecule has 1 N–H and O–H groups in total. The molecule has 0 amide bonds. The molecule has 0 aliphatic heterocycles. The van der Waals surface area contributed by atoms with Crippen molar-refractivity contribution in [2.75, 3.05) is 0 Å². The standard InChI is InChI=1S/C17H23NO/c1-3-4-5-15-6-8-17(9-7-15)14(2)18-12-16-10-11-19-13-16/h6-11,13-14,18H,3-5,12H2,1-2H3. The Bertz CT molecular complexity index is 459. The fraction of sp³-hybridized carbons (Fsp3) is 0.412. The van der Waals surface area contributed by atoms with Gasteiger partial charge in [-0.25, -0.2) is 0 Å². The molecular formula is C17H23NO. The lowest BCUT2D eigenvalue weighted by Gasteiger charge is -2.14.